The molecule has 8 bridgehead atoms. The van der Waals surface area contributed by atoms with Gasteiger partial charge in [-0.05, 0) is 134 Å². The zero-order valence-electron chi connectivity index (χ0n) is 41.2. The van der Waals surface area contributed by atoms with Crippen molar-refractivity contribution in [3.8, 4) is 69.2 Å². The molecule has 5 aromatic carbocycles. The maximum Gasteiger partial charge on any atom is 0.134 e. The van der Waals surface area contributed by atoms with E-state index in [9.17, 15) is 0 Å². The Kier molecular flexibility index (Phi) is 19.9. The van der Waals surface area contributed by atoms with E-state index < -0.39 is 0 Å². The monoisotopic (exact) mass is 931 g/mol. The molecule has 360 valence electrons. The number of hydrogen-bond acceptors (Lipinski definition) is 6. The summed E-state index contributed by atoms with van der Waals surface area (Å²) >= 11 is 0. The van der Waals surface area contributed by atoms with Gasteiger partial charge in [-0.2, -0.15) is 0 Å². The Labute approximate surface area is 417 Å². The highest BCUT2D eigenvalue weighted by Crippen LogP contribution is 2.30. The van der Waals surface area contributed by atoms with E-state index in [1.54, 1.807) is 0 Å². The van der Waals surface area contributed by atoms with Crippen molar-refractivity contribution in [2.75, 3.05) is 26.4 Å². The summed E-state index contributed by atoms with van der Waals surface area (Å²) in [4.78, 5) is 10.3. The van der Waals surface area contributed by atoms with Crippen LogP contribution in [0.4, 0.5) is 0 Å². The van der Waals surface area contributed by atoms with Crippen molar-refractivity contribution in [3.05, 3.63) is 145 Å². The van der Waals surface area contributed by atoms with Crippen LogP contribution in [0.3, 0.4) is 0 Å². The highest BCUT2D eigenvalue weighted by atomic mass is 16.5. The van der Waals surface area contributed by atoms with Gasteiger partial charge in [0, 0.05) is 21.9 Å². The van der Waals surface area contributed by atoms with Gasteiger partial charge in [-0.15, -0.1) is 0 Å². The third kappa shape index (κ3) is 15.6. The van der Waals surface area contributed by atoms with Gasteiger partial charge >= 0.3 is 0 Å². The van der Waals surface area contributed by atoms with E-state index in [1.165, 1.54) is 103 Å². The van der Waals surface area contributed by atoms with Crippen molar-refractivity contribution in [2.24, 2.45) is 0 Å². The summed E-state index contributed by atoms with van der Waals surface area (Å²) in [5.41, 5.74) is 7.53. The molecule has 3 aliphatic rings. The SMILES string of the molecule is C1#Cc2ccccc2OCCCCCCCCCCCCOc2ccc(cc2)-c2ccc3ccc4ccc(nc4c3n2)-c2ccc(cc2)OCCCCCCCCCCCCOc2ccccc2C#C1. The van der Waals surface area contributed by atoms with Crippen LogP contribution in [0.5, 0.6) is 23.0 Å². The van der Waals surface area contributed by atoms with Crippen molar-refractivity contribution >= 4 is 21.8 Å². The zero-order valence-corrected chi connectivity index (χ0v) is 41.2. The van der Waals surface area contributed by atoms with Gasteiger partial charge in [0.15, 0.2) is 0 Å². The van der Waals surface area contributed by atoms with Crippen LogP contribution < -0.4 is 18.9 Å². The van der Waals surface area contributed by atoms with Gasteiger partial charge in [0.05, 0.1) is 60.0 Å². The molecule has 6 nitrogen and oxygen atoms in total. The lowest BCUT2D eigenvalue weighted by Gasteiger charge is -2.10. The topological polar surface area (TPSA) is 62.7 Å². The smallest absolute Gasteiger partial charge is 0.134 e. The molecule has 7 aromatic rings. The third-order valence-corrected chi connectivity index (χ3v) is 13.2. The first-order valence-corrected chi connectivity index (χ1v) is 26.4. The summed E-state index contributed by atoms with van der Waals surface area (Å²) in [7, 11) is 0. The number of pyridine rings is 2. The molecular formula is C64H70N2O4. The number of rotatable bonds is 0. The summed E-state index contributed by atoms with van der Waals surface area (Å²) in [5.74, 6) is 16.0. The molecule has 0 aliphatic carbocycles. The fraction of sp³-hybridized carbons (Fsp3) is 0.375. The number of hydrogen-bond donors (Lipinski definition) is 0. The van der Waals surface area contributed by atoms with Crippen LogP contribution in [0, 0.1) is 23.7 Å². The van der Waals surface area contributed by atoms with E-state index in [-0.39, 0.29) is 0 Å². The standard InChI is InChI=1S/C64H70N2O4/c1-3-7-11-15-25-49-69-61-31-21-19-29-53(61)27-17-18-28-54-30-20-22-32-62(54)70-50-26-16-12-8-4-2-6-10-14-24-48-68-58-43-37-52(38-44-58)60-46-40-56-34-33-55-39-45-59(65-63(55)64(56)66-60)51-35-41-57(42-36-51)67-47-23-13-9-5-1/h19-22,29-46H,1-16,23-26,47-50H2. The second kappa shape index (κ2) is 28.0. The molecule has 0 atom stereocenters. The van der Waals surface area contributed by atoms with E-state index in [1.807, 2.05) is 48.5 Å². The highest BCUT2D eigenvalue weighted by Gasteiger charge is 2.10. The summed E-state index contributed by atoms with van der Waals surface area (Å²) < 4.78 is 24.6. The Bertz CT molecular complexity index is 2620. The largest absolute Gasteiger partial charge is 0.494 e. The molecule has 70 heavy (non-hydrogen) atoms. The van der Waals surface area contributed by atoms with Crippen LogP contribution in [0.15, 0.2) is 133 Å². The van der Waals surface area contributed by atoms with Gasteiger partial charge in [-0.1, -0.05) is 151 Å². The number of nitrogens with zero attached hydrogens (tertiary/aromatic N) is 2. The quantitative estimate of drug-likeness (QED) is 0.112. The summed E-state index contributed by atoms with van der Waals surface area (Å²) in [5, 5.41) is 2.15. The third-order valence-electron chi connectivity index (χ3n) is 13.2. The number of benzene rings is 5. The molecule has 0 saturated carbocycles. The molecule has 10 rings (SSSR count). The Balaban J connectivity index is 0.829. The van der Waals surface area contributed by atoms with Gasteiger partial charge in [0.2, 0.25) is 0 Å². The molecule has 0 radical (unpaired) electrons. The van der Waals surface area contributed by atoms with Crippen LogP contribution in [0.25, 0.3) is 44.3 Å². The zero-order chi connectivity index (χ0) is 47.7. The van der Waals surface area contributed by atoms with Crippen LogP contribution in [-0.2, 0) is 0 Å². The molecule has 0 N–H and O–H groups in total. The molecule has 2 aromatic heterocycles. The molecule has 0 unspecified atom stereocenters. The first-order valence-electron chi connectivity index (χ1n) is 26.4. The fourth-order valence-corrected chi connectivity index (χ4v) is 9.10. The van der Waals surface area contributed by atoms with E-state index in [2.05, 4.69) is 109 Å². The Morgan fingerprint density at radius 3 is 0.986 bits per heavy atom. The Hall–Kier alpha value is -6.76. The summed E-state index contributed by atoms with van der Waals surface area (Å²) in [6.07, 6.45) is 24.3. The van der Waals surface area contributed by atoms with Crippen LogP contribution >= 0.6 is 0 Å². The molecular weight excluding hydrogens is 861 g/mol. The van der Waals surface area contributed by atoms with Crippen LogP contribution in [-0.4, -0.2) is 36.4 Å². The van der Waals surface area contributed by atoms with Crippen molar-refractivity contribution in [2.45, 2.75) is 128 Å². The number of ether oxygens (including phenoxy) is 4. The molecule has 3 aliphatic heterocycles. The molecule has 6 heteroatoms. The van der Waals surface area contributed by atoms with Gasteiger partial charge in [-0.3, -0.25) is 0 Å². The minimum Gasteiger partial charge on any atom is -0.494 e. The van der Waals surface area contributed by atoms with E-state index in [0.717, 1.165) is 117 Å². The van der Waals surface area contributed by atoms with Gasteiger partial charge in [-0.25, -0.2) is 9.97 Å². The van der Waals surface area contributed by atoms with Crippen molar-refractivity contribution < 1.29 is 18.9 Å². The molecule has 0 amide bonds. The Morgan fingerprint density at radius 1 is 0.300 bits per heavy atom. The minimum atomic E-state index is 0.700. The van der Waals surface area contributed by atoms with Gasteiger partial charge in [0.1, 0.15) is 23.0 Å². The lowest BCUT2D eigenvalue weighted by Crippen LogP contribution is -1.99. The molecule has 0 fully saturated rings. The summed E-state index contributed by atoms with van der Waals surface area (Å²) in [6.45, 7) is 2.88. The van der Waals surface area contributed by atoms with Gasteiger partial charge in [0.25, 0.3) is 0 Å². The molecule has 5 heterocycles. The normalized spacial score (nSPS) is 15.9. The Morgan fingerprint density at radius 2 is 0.614 bits per heavy atom. The lowest BCUT2D eigenvalue weighted by atomic mass is 10.1. The first-order chi connectivity index (χ1) is 34.8. The number of fused-ring (bicyclic) bond motifs is 2. The maximum atomic E-state index is 6.18. The van der Waals surface area contributed by atoms with Crippen LogP contribution in [0.1, 0.15) is 140 Å². The van der Waals surface area contributed by atoms with Crippen LogP contribution in [0.2, 0.25) is 0 Å². The number of para-hydroxylation sites is 2. The van der Waals surface area contributed by atoms with E-state index >= 15 is 0 Å². The predicted molar refractivity (Wildman–Crippen MR) is 289 cm³/mol. The van der Waals surface area contributed by atoms with Crippen molar-refractivity contribution in [1.82, 2.24) is 9.97 Å². The minimum absolute atomic E-state index is 0.700. The molecule has 0 saturated heterocycles. The second-order valence-corrected chi connectivity index (χ2v) is 18.6. The maximum absolute atomic E-state index is 6.18. The summed E-state index contributed by atoms with van der Waals surface area (Å²) in [6, 6.07) is 45.5. The first kappa shape index (κ1) is 49.7. The van der Waals surface area contributed by atoms with Gasteiger partial charge < -0.3 is 18.9 Å². The van der Waals surface area contributed by atoms with Crippen molar-refractivity contribution in [1.29, 1.82) is 0 Å². The lowest BCUT2D eigenvalue weighted by molar-refractivity contribution is 0.302. The average molecular weight is 931 g/mol. The average Bonchev–Trinajstić information content (AvgIpc) is 3.40. The number of aromatic nitrogens is 2. The fourth-order valence-electron chi connectivity index (χ4n) is 9.10. The second-order valence-electron chi connectivity index (χ2n) is 18.6. The molecule has 0 spiro atoms. The predicted octanol–water partition coefficient (Wildman–Crippen LogP) is 16.6. The van der Waals surface area contributed by atoms with E-state index in [0.29, 0.717) is 13.2 Å². The highest BCUT2D eigenvalue weighted by molar-refractivity contribution is 6.04. The van der Waals surface area contributed by atoms with Crippen molar-refractivity contribution in [3.63, 3.8) is 0 Å². The van der Waals surface area contributed by atoms with E-state index in [4.69, 9.17) is 28.9 Å².